The van der Waals surface area contributed by atoms with E-state index in [1.807, 2.05) is 0 Å². The molecule has 0 unspecified atom stereocenters. The molecule has 1 aliphatic rings. The van der Waals surface area contributed by atoms with Crippen LogP contribution in [0.4, 0.5) is 0 Å². The lowest BCUT2D eigenvalue weighted by Gasteiger charge is -2.52. The van der Waals surface area contributed by atoms with Crippen molar-refractivity contribution in [3.05, 3.63) is 0 Å². The van der Waals surface area contributed by atoms with Gasteiger partial charge in [-0.25, -0.2) is 0 Å². The minimum absolute atomic E-state index is 0.372. The summed E-state index contributed by atoms with van der Waals surface area (Å²) in [5, 5.41) is 0.372. The highest BCUT2D eigenvalue weighted by atomic mass is 16.5. The molecule has 0 saturated carbocycles. The summed E-state index contributed by atoms with van der Waals surface area (Å²) >= 11 is 0. The monoisotopic (exact) mass is 167 g/mol. The van der Waals surface area contributed by atoms with Crippen molar-refractivity contribution in [2.45, 2.75) is 45.8 Å². The fourth-order valence-electron chi connectivity index (χ4n) is 1.85. The summed E-state index contributed by atoms with van der Waals surface area (Å²) < 4.78 is 5.35. The first-order chi connectivity index (χ1) is 5.58. The topological polar surface area (TPSA) is 9.23 Å². The van der Waals surface area contributed by atoms with Gasteiger partial charge in [-0.3, -0.25) is 0 Å². The van der Waals surface area contributed by atoms with Crippen LogP contribution < -0.4 is 0 Å². The van der Waals surface area contributed by atoms with Crippen LogP contribution in [0.5, 0.6) is 0 Å². The van der Waals surface area contributed by atoms with Gasteiger partial charge in [-0.05, 0) is 10.7 Å². The van der Waals surface area contributed by atoms with Crippen LogP contribution in [0.25, 0.3) is 0 Å². The second kappa shape index (κ2) is 3.41. The number of rotatable bonds is 4. The first-order valence-electron chi connectivity index (χ1n) is 5.00. The first-order valence-corrected chi connectivity index (χ1v) is 5.00. The van der Waals surface area contributed by atoms with E-state index < -0.39 is 0 Å². The van der Waals surface area contributed by atoms with Gasteiger partial charge in [0.2, 0.25) is 0 Å². The fraction of sp³-hybridized carbons (Fsp3) is 1.00. The predicted molar refractivity (Wildman–Crippen MR) is 53.8 cm³/mol. The third kappa shape index (κ3) is 1.41. The van der Waals surface area contributed by atoms with Crippen LogP contribution >= 0.6 is 0 Å². The average Bonchev–Trinajstić information content (AvgIpc) is 1.96. The highest BCUT2D eigenvalue weighted by Gasteiger charge is 2.48. The van der Waals surface area contributed by atoms with Crippen LogP contribution in [-0.2, 0) is 4.74 Å². The van der Waals surface area contributed by atoms with E-state index in [4.69, 9.17) is 4.74 Å². The van der Waals surface area contributed by atoms with Crippen molar-refractivity contribution in [1.29, 1.82) is 0 Å². The molecule has 1 aliphatic heterocycles. The Kier molecular flexibility index (Phi) is 2.87. The van der Waals surface area contributed by atoms with Crippen molar-refractivity contribution < 1.29 is 4.74 Å². The number of ether oxygens (including phenoxy) is 1. The zero-order valence-corrected chi connectivity index (χ0v) is 8.81. The highest BCUT2D eigenvalue weighted by Crippen LogP contribution is 2.53. The minimum Gasteiger partial charge on any atom is -0.382 e. The molecule has 0 atom stereocenters. The van der Waals surface area contributed by atoms with E-state index in [-0.39, 0.29) is 0 Å². The summed E-state index contributed by atoms with van der Waals surface area (Å²) in [5.41, 5.74) is 0.404. The summed E-state index contributed by atoms with van der Waals surface area (Å²) in [5.74, 6) is 0. The van der Waals surface area contributed by atoms with Crippen molar-refractivity contribution in [2.75, 3.05) is 13.2 Å². The SMILES string of the molecule is CC[B]C1(C(C)(C)CC)COC1. The summed E-state index contributed by atoms with van der Waals surface area (Å²) in [7, 11) is 2.44. The van der Waals surface area contributed by atoms with Crippen LogP contribution in [0.1, 0.15) is 34.1 Å². The van der Waals surface area contributed by atoms with Crippen molar-refractivity contribution in [2.24, 2.45) is 5.41 Å². The molecule has 1 heterocycles. The van der Waals surface area contributed by atoms with Gasteiger partial charge in [0.25, 0.3) is 0 Å². The zero-order valence-electron chi connectivity index (χ0n) is 8.81. The summed E-state index contributed by atoms with van der Waals surface area (Å²) in [4.78, 5) is 0. The molecule has 1 nitrogen and oxygen atoms in total. The van der Waals surface area contributed by atoms with Gasteiger partial charge in [-0.15, -0.1) is 0 Å². The van der Waals surface area contributed by atoms with Crippen molar-refractivity contribution >= 4 is 7.28 Å². The summed E-state index contributed by atoms with van der Waals surface area (Å²) in [6.45, 7) is 11.0. The van der Waals surface area contributed by atoms with E-state index in [0.29, 0.717) is 10.7 Å². The third-order valence-electron chi connectivity index (χ3n) is 3.55. The molecule has 1 rings (SSSR count). The second-order valence-corrected chi connectivity index (χ2v) is 4.50. The lowest BCUT2D eigenvalue weighted by Crippen LogP contribution is -2.50. The number of hydrogen-bond acceptors (Lipinski definition) is 1. The molecule has 1 saturated heterocycles. The fourth-order valence-corrected chi connectivity index (χ4v) is 1.85. The van der Waals surface area contributed by atoms with Gasteiger partial charge in [0.1, 0.15) is 7.28 Å². The van der Waals surface area contributed by atoms with Gasteiger partial charge in [-0.1, -0.05) is 40.4 Å². The second-order valence-electron chi connectivity index (χ2n) is 4.50. The van der Waals surface area contributed by atoms with Crippen molar-refractivity contribution in [3.63, 3.8) is 0 Å². The summed E-state index contributed by atoms with van der Waals surface area (Å²) in [6, 6.07) is 0. The van der Waals surface area contributed by atoms with E-state index in [9.17, 15) is 0 Å². The van der Waals surface area contributed by atoms with E-state index in [1.165, 1.54) is 6.42 Å². The molecule has 0 N–H and O–H groups in total. The maximum atomic E-state index is 5.35. The molecule has 1 radical (unpaired) electrons. The van der Waals surface area contributed by atoms with Gasteiger partial charge in [0.05, 0.1) is 0 Å². The molecular formula is C10H20BO. The van der Waals surface area contributed by atoms with Gasteiger partial charge in [0.15, 0.2) is 0 Å². The first kappa shape index (κ1) is 10.1. The lowest BCUT2D eigenvalue weighted by molar-refractivity contribution is -0.0759. The Bertz CT molecular complexity index is 150. The van der Waals surface area contributed by atoms with Gasteiger partial charge < -0.3 is 4.74 Å². The summed E-state index contributed by atoms with van der Waals surface area (Å²) in [6.07, 6.45) is 2.39. The maximum Gasteiger partial charge on any atom is 0.124 e. The lowest BCUT2D eigenvalue weighted by atomic mass is 9.40. The molecule has 0 aromatic heterocycles. The van der Waals surface area contributed by atoms with Crippen molar-refractivity contribution in [3.8, 4) is 0 Å². The van der Waals surface area contributed by atoms with Gasteiger partial charge >= 0.3 is 0 Å². The van der Waals surface area contributed by atoms with Gasteiger partial charge in [0, 0.05) is 13.2 Å². The molecule has 2 heteroatoms. The molecule has 0 bridgehead atoms. The molecule has 0 spiro atoms. The molecule has 1 fully saturated rings. The van der Waals surface area contributed by atoms with E-state index in [0.717, 1.165) is 19.5 Å². The molecule has 0 aliphatic carbocycles. The smallest absolute Gasteiger partial charge is 0.124 e. The van der Waals surface area contributed by atoms with Crippen LogP contribution in [0.2, 0.25) is 11.6 Å². The number of hydrogen-bond donors (Lipinski definition) is 0. The maximum absolute atomic E-state index is 5.35. The molecule has 0 amide bonds. The molecule has 12 heavy (non-hydrogen) atoms. The largest absolute Gasteiger partial charge is 0.382 e. The van der Waals surface area contributed by atoms with Crippen molar-refractivity contribution in [1.82, 2.24) is 0 Å². The Labute approximate surface area is 77.1 Å². The standard InChI is InChI=1S/C10H20BO/c1-5-9(3,4)10(11-6-2)7-12-8-10/h5-8H2,1-4H3. The Balaban J connectivity index is 2.65. The molecular weight excluding hydrogens is 147 g/mol. The Morgan fingerprint density at radius 3 is 2.17 bits per heavy atom. The van der Waals surface area contributed by atoms with Gasteiger partial charge in [-0.2, -0.15) is 0 Å². The van der Waals surface area contributed by atoms with E-state index in [1.54, 1.807) is 0 Å². The Morgan fingerprint density at radius 1 is 1.33 bits per heavy atom. The van der Waals surface area contributed by atoms with E-state index >= 15 is 0 Å². The third-order valence-corrected chi connectivity index (χ3v) is 3.55. The van der Waals surface area contributed by atoms with Crippen LogP contribution in [0.15, 0.2) is 0 Å². The van der Waals surface area contributed by atoms with Crippen LogP contribution in [0, 0.1) is 5.41 Å². The zero-order chi connectivity index (χ0) is 9.24. The molecule has 0 aromatic carbocycles. The normalized spacial score (nSPS) is 21.7. The average molecular weight is 167 g/mol. The predicted octanol–water partition coefficient (Wildman–Crippen LogP) is 2.75. The Morgan fingerprint density at radius 2 is 1.92 bits per heavy atom. The molecule has 0 aromatic rings. The molecule has 69 valence electrons. The minimum atomic E-state index is 0.372. The van der Waals surface area contributed by atoms with Crippen LogP contribution in [-0.4, -0.2) is 20.5 Å². The van der Waals surface area contributed by atoms with Crippen LogP contribution in [0.3, 0.4) is 0 Å². The van der Waals surface area contributed by atoms with E-state index in [2.05, 4.69) is 35.0 Å². The highest BCUT2D eigenvalue weighted by molar-refractivity contribution is 6.40. The Hall–Kier alpha value is 0.0249. The quantitative estimate of drug-likeness (QED) is 0.585.